The van der Waals surface area contributed by atoms with Crippen molar-refractivity contribution in [3.8, 4) is 22.6 Å². The Hall–Kier alpha value is -3.12. The molecule has 0 fully saturated rings. The first-order chi connectivity index (χ1) is 12.3. The fourth-order valence-electron chi connectivity index (χ4n) is 2.35. The molecule has 3 heterocycles. The number of nitrogens with one attached hydrogen (secondary N) is 1. The number of thiazole rings is 1. The molecule has 0 aliphatic heterocycles. The van der Waals surface area contributed by atoms with Crippen LogP contribution in [0.4, 0.5) is 10.9 Å². The standard InChI is InChI=1S/C19H15N5S/c1-13-5-7-14(8-6-13)15-9-10-18(24-23-15)22-19-21-17(12-25-19)16-4-2-3-11-20-16/h2-12H,1H3,(H,21,22,24). The summed E-state index contributed by atoms with van der Waals surface area (Å²) in [6, 6.07) is 17.9. The number of nitrogens with zero attached hydrogens (tertiary/aromatic N) is 4. The van der Waals surface area contributed by atoms with E-state index in [0.717, 1.165) is 27.8 Å². The second kappa shape index (κ2) is 6.78. The molecule has 5 nitrogen and oxygen atoms in total. The Morgan fingerprint density at radius 3 is 2.44 bits per heavy atom. The molecule has 0 saturated carbocycles. The Balaban J connectivity index is 1.50. The van der Waals surface area contributed by atoms with Crippen LogP contribution in [0.5, 0.6) is 0 Å². The average Bonchev–Trinajstić information content (AvgIpc) is 3.12. The molecular formula is C19H15N5S. The van der Waals surface area contributed by atoms with Crippen molar-refractivity contribution in [2.45, 2.75) is 6.92 Å². The highest BCUT2D eigenvalue weighted by Gasteiger charge is 2.07. The molecule has 6 heteroatoms. The van der Waals surface area contributed by atoms with E-state index < -0.39 is 0 Å². The van der Waals surface area contributed by atoms with Crippen molar-refractivity contribution >= 4 is 22.3 Å². The molecule has 4 aromatic rings. The van der Waals surface area contributed by atoms with Crippen LogP contribution in [0.15, 0.2) is 66.2 Å². The van der Waals surface area contributed by atoms with E-state index >= 15 is 0 Å². The topological polar surface area (TPSA) is 63.6 Å². The fourth-order valence-corrected chi connectivity index (χ4v) is 3.06. The van der Waals surface area contributed by atoms with Crippen LogP contribution >= 0.6 is 11.3 Å². The Morgan fingerprint density at radius 1 is 0.840 bits per heavy atom. The van der Waals surface area contributed by atoms with E-state index in [1.54, 1.807) is 6.20 Å². The lowest BCUT2D eigenvalue weighted by Crippen LogP contribution is -1.96. The van der Waals surface area contributed by atoms with Crippen molar-refractivity contribution in [3.05, 3.63) is 71.7 Å². The molecule has 1 aromatic carbocycles. The summed E-state index contributed by atoms with van der Waals surface area (Å²) in [6.45, 7) is 2.07. The van der Waals surface area contributed by atoms with Gasteiger partial charge >= 0.3 is 0 Å². The van der Waals surface area contributed by atoms with E-state index in [2.05, 4.69) is 44.5 Å². The average molecular weight is 345 g/mol. The molecule has 1 N–H and O–H groups in total. The minimum atomic E-state index is 0.665. The Bertz CT molecular complexity index is 963. The Labute approximate surface area is 149 Å². The zero-order valence-corrected chi connectivity index (χ0v) is 14.4. The number of hydrogen-bond donors (Lipinski definition) is 1. The quantitative estimate of drug-likeness (QED) is 0.580. The number of hydrogen-bond acceptors (Lipinski definition) is 6. The fraction of sp³-hybridized carbons (Fsp3) is 0.0526. The third kappa shape index (κ3) is 3.54. The van der Waals surface area contributed by atoms with Crippen molar-refractivity contribution in [2.24, 2.45) is 0 Å². The molecule has 0 amide bonds. The molecular weight excluding hydrogens is 330 g/mol. The minimum absolute atomic E-state index is 0.665. The summed E-state index contributed by atoms with van der Waals surface area (Å²) >= 11 is 1.51. The van der Waals surface area contributed by atoms with Gasteiger partial charge < -0.3 is 5.32 Å². The number of anilines is 2. The SMILES string of the molecule is Cc1ccc(-c2ccc(Nc3nc(-c4ccccn4)cs3)nn2)cc1. The summed E-state index contributed by atoms with van der Waals surface area (Å²) in [4.78, 5) is 8.85. The van der Waals surface area contributed by atoms with Crippen molar-refractivity contribution < 1.29 is 0 Å². The molecule has 0 aliphatic carbocycles. The third-order valence-electron chi connectivity index (χ3n) is 3.68. The molecule has 3 aromatic heterocycles. The zero-order chi connectivity index (χ0) is 17.1. The van der Waals surface area contributed by atoms with Gasteiger partial charge in [-0.05, 0) is 31.2 Å². The second-order valence-corrected chi connectivity index (χ2v) is 6.41. The molecule has 0 radical (unpaired) electrons. The molecule has 0 atom stereocenters. The lowest BCUT2D eigenvalue weighted by atomic mass is 10.1. The number of rotatable bonds is 4. The number of aromatic nitrogens is 4. The van der Waals surface area contributed by atoms with Gasteiger partial charge in [0.25, 0.3) is 0 Å². The van der Waals surface area contributed by atoms with Crippen LogP contribution in [0.2, 0.25) is 0 Å². The van der Waals surface area contributed by atoms with Gasteiger partial charge in [0.15, 0.2) is 10.9 Å². The largest absolute Gasteiger partial charge is 0.315 e. The van der Waals surface area contributed by atoms with Crippen LogP contribution in [-0.2, 0) is 0 Å². The predicted octanol–water partition coefficient (Wildman–Crippen LogP) is 4.71. The lowest BCUT2D eigenvalue weighted by Gasteiger charge is -2.03. The molecule has 0 saturated heterocycles. The first kappa shape index (κ1) is 15.4. The van der Waals surface area contributed by atoms with E-state index in [0.29, 0.717) is 5.82 Å². The maximum absolute atomic E-state index is 4.54. The van der Waals surface area contributed by atoms with E-state index in [1.165, 1.54) is 16.9 Å². The minimum Gasteiger partial charge on any atom is -0.315 e. The van der Waals surface area contributed by atoms with Gasteiger partial charge in [-0.3, -0.25) is 4.98 Å². The van der Waals surface area contributed by atoms with Gasteiger partial charge in [0.1, 0.15) is 5.69 Å². The number of pyridine rings is 1. The van der Waals surface area contributed by atoms with Crippen LogP contribution < -0.4 is 5.32 Å². The third-order valence-corrected chi connectivity index (χ3v) is 4.44. The van der Waals surface area contributed by atoms with E-state index in [4.69, 9.17) is 0 Å². The maximum atomic E-state index is 4.54. The first-order valence-electron chi connectivity index (χ1n) is 7.83. The number of aryl methyl sites for hydroxylation is 1. The maximum Gasteiger partial charge on any atom is 0.188 e. The zero-order valence-electron chi connectivity index (χ0n) is 13.5. The summed E-state index contributed by atoms with van der Waals surface area (Å²) in [5.74, 6) is 0.665. The summed E-state index contributed by atoms with van der Waals surface area (Å²) in [5, 5.41) is 14.5. The highest BCUT2D eigenvalue weighted by Crippen LogP contribution is 2.25. The smallest absolute Gasteiger partial charge is 0.188 e. The monoisotopic (exact) mass is 345 g/mol. The van der Waals surface area contributed by atoms with Crippen LogP contribution in [0.3, 0.4) is 0 Å². The normalized spacial score (nSPS) is 10.6. The van der Waals surface area contributed by atoms with Gasteiger partial charge in [0, 0.05) is 17.1 Å². The van der Waals surface area contributed by atoms with Crippen molar-refractivity contribution in [2.75, 3.05) is 5.32 Å². The highest BCUT2D eigenvalue weighted by molar-refractivity contribution is 7.14. The van der Waals surface area contributed by atoms with Crippen LogP contribution in [0.1, 0.15) is 5.56 Å². The van der Waals surface area contributed by atoms with Crippen LogP contribution in [0, 0.1) is 6.92 Å². The van der Waals surface area contributed by atoms with E-state index in [1.807, 2.05) is 47.8 Å². The molecule has 0 spiro atoms. The van der Waals surface area contributed by atoms with Gasteiger partial charge in [-0.15, -0.1) is 21.5 Å². The summed E-state index contributed by atoms with van der Waals surface area (Å²) in [5.41, 5.74) is 4.82. The van der Waals surface area contributed by atoms with Gasteiger partial charge in [-0.2, -0.15) is 0 Å². The van der Waals surface area contributed by atoms with Gasteiger partial charge in [-0.25, -0.2) is 4.98 Å². The van der Waals surface area contributed by atoms with Crippen molar-refractivity contribution in [3.63, 3.8) is 0 Å². The summed E-state index contributed by atoms with van der Waals surface area (Å²) in [7, 11) is 0. The molecule has 0 aliphatic rings. The Morgan fingerprint density at radius 2 is 1.72 bits per heavy atom. The van der Waals surface area contributed by atoms with E-state index in [9.17, 15) is 0 Å². The first-order valence-corrected chi connectivity index (χ1v) is 8.71. The van der Waals surface area contributed by atoms with Gasteiger partial charge in [0.2, 0.25) is 0 Å². The molecule has 25 heavy (non-hydrogen) atoms. The molecule has 4 rings (SSSR count). The van der Waals surface area contributed by atoms with Gasteiger partial charge in [0.05, 0.1) is 11.4 Å². The highest BCUT2D eigenvalue weighted by atomic mass is 32.1. The van der Waals surface area contributed by atoms with Gasteiger partial charge in [-0.1, -0.05) is 35.9 Å². The van der Waals surface area contributed by atoms with Crippen molar-refractivity contribution in [1.82, 2.24) is 20.2 Å². The second-order valence-electron chi connectivity index (χ2n) is 5.55. The number of benzene rings is 1. The summed E-state index contributed by atoms with van der Waals surface area (Å²) < 4.78 is 0. The van der Waals surface area contributed by atoms with Crippen LogP contribution in [0.25, 0.3) is 22.6 Å². The van der Waals surface area contributed by atoms with Crippen molar-refractivity contribution in [1.29, 1.82) is 0 Å². The molecule has 122 valence electrons. The van der Waals surface area contributed by atoms with Crippen LogP contribution in [-0.4, -0.2) is 20.2 Å². The lowest BCUT2D eigenvalue weighted by molar-refractivity contribution is 1.04. The van der Waals surface area contributed by atoms with E-state index in [-0.39, 0.29) is 0 Å². The summed E-state index contributed by atoms with van der Waals surface area (Å²) in [6.07, 6.45) is 1.76. The Kier molecular flexibility index (Phi) is 4.18. The molecule has 0 bridgehead atoms. The predicted molar refractivity (Wildman–Crippen MR) is 101 cm³/mol. The molecule has 0 unspecified atom stereocenters.